The molecule has 1 heterocycles. The molecule has 2 rings (SSSR count). The Morgan fingerprint density at radius 2 is 2.21 bits per heavy atom. The highest BCUT2D eigenvalue weighted by molar-refractivity contribution is 9.10. The number of nitrogens with one attached hydrogen (secondary N) is 1. The van der Waals surface area contributed by atoms with Crippen LogP contribution in [0.5, 0.6) is 0 Å². The van der Waals surface area contributed by atoms with Crippen LogP contribution in [0.3, 0.4) is 0 Å². The van der Waals surface area contributed by atoms with Crippen LogP contribution in [-0.4, -0.2) is 10.9 Å². The summed E-state index contributed by atoms with van der Waals surface area (Å²) in [6.07, 6.45) is 1.58. The van der Waals surface area contributed by atoms with Gasteiger partial charge in [0.15, 0.2) is 0 Å². The number of amides is 1. The van der Waals surface area contributed by atoms with Gasteiger partial charge in [-0.15, -0.1) is 0 Å². The second-order valence-electron chi connectivity index (χ2n) is 3.77. The molecule has 1 aromatic heterocycles. The topological polar surface area (TPSA) is 42.0 Å². The lowest BCUT2D eigenvalue weighted by Crippen LogP contribution is -2.23. The number of nitrogens with zero attached hydrogens (tertiary/aromatic N) is 1. The van der Waals surface area contributed by atoms with Crippen molar-refractivity contribution in [3.05, 3.63) is 63.1 Å². The monoisotopic (exact) mass is 342 g/mol. The molecule has 0 aliphatic carbocycles. The third kappa shape index (κ3) is 3.52. The van der Waals surface area contributed by atoms with Gasteiger partial charge in [0.1, 0.15) is 10.4 Å². The third-order valence-corrected chi connectivity index (χ3v) is 3.36. The number of rotatable bonds is 3. The first kappa shape index (κ1) is 14.0. The molecular formula is C13H9BrClFN2O. The summed E-state index contributed by atoms with van der Waals surface area (Å²) in [5.41, 5.74) is 1.16. The second kappa shape index (κ2) is 6.12. The summed E-state index contributed by atoms with van der Waals surface area (Å²) < 4.78 is 13.5. The van der Waals surface area contributed by atoms with Gasteiger partial charge < -0.3 is 5.32 Å². The lowest BCUT2D eigenvalue weighted by Gasteiger charge is -2.07. The summed E-state index contributed by atoms with van der Waals surface area (Å²) >= 11 is 8.87. The predicted octanol–water partition coefficient (Wildman–Crippen LogP) is 3.57. The maximum absolute atomic E-state index is 13.0. The summed E-state index contributed by atoms with van der Waals surface area (Å²) in [6, 6.07) is 7.65. The Balaban J connectivity index is 2.04. The molecular weight excluding hydrogens is 335 g/mol. The molecule has 3 nitrogen and oxygen atoms in total. The van der Waals surface area contributed by atoms with Gasteiger partial charge in [0.25, 0.3) is 5.91 Å². The van der Waals surface area contributed by atoms with Crippen LogP contribution in [0.25, 0.3) is 0 Å². The highest BCUT2D eigenvalue weighted by atomic mass is 79.9. The van der Waals surface area contributed by atoms with Crippen LogP contribution < -0.4 is 5.32 Å². The molecule has 0 atom stereocenters. The van der Waals surface area contributed by atoms with Crippen LogP contribution in [-0.2, 0) is 6.54 Å². The SMILES string of the molecule is O=C(NCc1ccc(F)c(Cl)c1)c1cccnc1Br. The molecule has 0 spiro atoms. The van der Waals surface area contributed by atoms with Crippen molar-refractivity contribution in [2.75, 3.05) is 0 Å². The van der Waals surface area contributed by atoms with Gasteiger partial charge in [0.05, 0.1) is 10.6 Å². The van der Waals surface area contributed by atoms with Crippen molar-refractivity contribution in [1.82, 2.24) is 10.3 Å². The summed E-state index contributed by atoms with van der Waals surface area (Å²) in [7, 11) is 0. The van der Waals surface area contributed by atoms with Crippen LogP contribution in [0, 0.1) is 5.82 Å². The minimum atomic E-state index is -0.480. The summed E-state index contributed by atoms with van der Waals surface area (Å²) in [5, 5.41) is 2.75. The normalized spacial score (nSPS) is 10.3. The average molecular weight is 344 g/mol. The Labute approximate surface area is 122 Å². The Bertz CT molecular complexity index is 621. The molecule has 0 saturated carbocycles. The van der Waals surface area contributed by atoms with Gasteiger partial charge in [0.2, 0.25) is 0 Å². The molecule has 98 valence electrons. The van der Waals surface area contributed by atoms with E-state index in [9.17, 15) is 9.18 Å². The third-order valence-electron chi connectivity index (χ3n) is 2.44. The van der Waals surface area contributed by atoms with Gasteiger partial charge in [-0.25, -0.2) is 9.37 Å². The van der Waals surface area contributed by atoms with E-state index in [0.29, 0.717) is 10.2 Å². The molecule has 0 fully saturated rings. The first-order valence-corrected chi connectivity index (χ1v) is 6.57. The minimum Gasteiger partial charge on any atom is -0.348 e. The van der Waals surface area contributed by atoms with Gasteiger partial charge in [-0.1, -0.05) is 17.7 Å². The van der Waals surface area contributed by atoms with Gasteiger partial charge in [-0.05, 0) is 45.8 Å². The number of halogens is 3. The van der Waals surface area contributed by atoms with Crippen LogP contribution in [0.1, 0.15) is 15.9 Å². The summed E-state index contributed by atoms with van der Waals surface area (Å²) in [4.78, 5) is 15.9. The van der Waals surface area contributed by atoms with Crippen molar-refractivity contribution >= 4 is 33.4 Å². The lowest BCUT2D eigenvalue weighted by molar-refractivity contribution is 0.0949. The zero-order chi connectivity index (χ0) is 13.8. The molecule has 1 N–H and O–H groups in total. The molecule has 1 amide bonds. The van der Waals surface area contributed by atoms with Crippen molar-refractivity contribution in [2.45, 2.75) is 6.54 Å². The fourth-order valence-corrected chi connectivity index (χ4v) is 2.12. The highest BCUT2D eigenvalue weighted by Crippen LogP contribution is 2.16. The minimum absolute atomic E-state index is 0.0364. The molecule has 2 aromatic rings. The molecule has 0 radical (unpaired) electrons. The number of hydrogen-bond donors (Lipinski definition) is 1. The largest absolute Gasteiger partial charge is 0.348 e. The van der Waals surface area contributed by atoms with Gasteiger partial charge in [-0.3, -0.25) is 4.79 Å². The van der Waals surface area contributed by atoms with E-state index < -0.39 is 5.82 Å². The Kier molecular flexibility index (Phi) is 4.50. The van der Waals surface area contributed by atoms with Crippen LogP contribution in [0.15, 0.2) is 41.1 Å². The van der Waals surface area contributed by atoms with Crippen LogP contribution in [0.4, 0.5) is 4.39 Å². The Hall–Kier alpha value is -1.46. The average Bonchev–Trinajstić information content (AvgIpc) is 2.40. The smallest absolute Gasteiger partial charge is 0.254 e. The van der Waals surface area contributed by atoms with E-state index in [1.54, 1.807) is 24.4 Å². The van der Waals surface area contributed by atoms with E-state index >= 15 is 0 Å². The molecule has 0 aliphatic heterocycles. The molecule has 0 aliphatic rings. The number of carbonyl (C=O) groups is 1. The molecule has 6 heteroatoms. The Morgan fingerprint density at radius 1 is 1.42 bits per heavy atom. The Morgan fingerprint density at radius 3 is 2.89 bits per heavy atom. The van der Waals surface area contributed by atoms with Crippen LogP contribution >= 0.6 is 27.5 Å². The van der Waals surface area contributed by atoms with Crippen molar-refractivity contribution in [1.29, 1.82) is 0 Å². The first-order chi connectivity index (χ1) is 9.08. The number of hydrogen-bond acceptors (Lipinski definition) is 2. The molecule has 1 aromatic carbocycles. The van der Waals surface area contributed by atoms with E-state index in [1.165, 1.54) is 12.1 Å². The molecule has 0 unspecified atom stereocenters. The van der Waals surface area contributed by atoms with E-state index in [-0.39, 0.29) is 17.5 Å². The second-order valence-corrected chi connectivity index (χ2v) is 4.93. The number of pyridine rings is 1. The first-order valence-electron chi connectivity index (χ1n) is 5.40. The van der Waals surface area contributed by atoms with Crippen molar-refractivity contribution in [2.24, 2.45) is 0 Å². The zero-order valence-electron chi connectivity index (χ0n) is 9.66. The molecule has 0 saturated heterocycles. The van der Waals surface area contributed by atoms with Gasteiger partial charge in [0, 0.05) is 12.7 Å². The van der Waals surface area contributed by atoms with E-state index in [2.05, 4.69) is 26.2 Å². The van der Waals surface area contributed by atoms with E-state index in [0.717, 1.165) is 5.56 Å². The van der Waals surface area contributed by atoms with Gasteiger partial charge in [-0.2, -0.15) is 0 Å². The summed E-state index contributed by atoms with van der Waals surface area (Å²) in [6.45, 7) is 0.264. The van der Waals surface area contributed by atoms with Crippen molar-refractivity contribution < 1.29 is 9.18 Å². The molecule has 19 heavy (non-hydrogen) atoms. The highest BCUT2D eigenvalue weighted by Gasteiger charge is 2.10. The van der Waals surface area contributed by atoms with E-state index in [4.69, 9.17) is 11.6 Å². The van der Waals surface area contributed by atoms with E-state index in [1.807, 2.05) is 0 Å². The lowest BCUT2D eigenvalue weighted by atomic mass is 10.2. The van der Waals surface area contributed by atoms with Crippen LogP contribution in [0.2, 0.25) is 5.02 Å². The zero-order valence-corrected chi connectivity index (χ0v) is 12.0. The quantitative estimate of drug-likeness (QED) is 0.866. The fourth-order valence-electron chi connectivity index (χ4n) is 1.48. The maximum atomic E-state index is 13.0. The van der Waals surface area contributed by atoms with Gasteiger partial charge >= 0.3 is 0 Å². The van der Waals surface area contributed by atoms with Crippen molar-refractivity contribution in [3.63, 3.8) is 0 Å². The standard InChI is InChI=1S/C13H9BrClFN2O/c14-12-9(2-1-5-17-12)13(19)18-7-8-3-4-11(16)10(15)6-8/h1-6H,7H2,(H,18,19). The number of aromatic nitrogens is 1. The fraction of sp³-hybridized carbons (Fsp3) is 0.0769. The summed E-state index contributed by atoms with van der Waals surface area (Å²) in [5.74, 6) is -0.743. The predicted molar refractivity (Wildman–Crippen MR) is 74.5 cm³/mol. The maximum Gasteiger partial charge on any atom is 0.254 e. The number of carbonyl (C=O) groups excluding carboxylic acids is 1. The van der Waals surface area contributed by atoms with Crippen molar-refractivity contribution in [3.8, 4) is 0 Å². The molecule has 0 bridgehead atoms. The number of benzene rings is 1.